The fourth-order valence-electron chi connectivity index (χ4n) is 1.30. The zero-order chi connectivity index (χ0) is 17.3. The average molecular weight is 354 g/mol. The van der Waals surface area contributed by atoms with Gasteiger partial charge in [-0.2, -0.15) is 25.3 Å². The molecule has 0 aromatic carbocycles. The van der Waals surface area contributed by atoms with Gasteiger partial charge in [-0.1, -0.05) is 0 Å². The molecule has 126 valence electrons. The third kappa shape index (κ3) is 7.00. The van der Waals surface area contributed by atoms with Crippen molar-refractivity contribution in [2.24, 2.45) is 11.8 Å². The molecule has 0 aromatic rings. The molecular weight excluding hydrogens is 336 g/mol. The van der Waals surface area contributed by atoms with E-state index in [1.165, 1.54) is 0 Å². The first-order valence-electron chi connectivity index (χ1n) is 6.15. The van der Waals surface area contributed by atoms with E-state index in [0.717, 1.165) is 0 Å². The molecule has 0 heterocycles. The topological polar surface area (TPSA) is 153 Å². The van der Waals surface area contributed by atoms with Gasteiger partial charge in [0.15, 0.2) is 0 Å². The molecule has 0 aliphatic heterocycles. The minimum atomic E-state index is -1.34. The van der Waals surface area contributed by atoms with Crippen molar-refractivity contribution in [3.8, 4) is 0 Å². The molecule has 0 radical (unpaired) electrons. The smallest absolute Gasteiger partial charge is 0.316 e. The zero-order valence-corrected chi connectivity index (χ0v) is 13.2. The second-order valence-electron chi connectivity index (χ2n) is 4.29. The number of carboxylic acids is 2. The predicted octanol–water partition coefficient (Wildman–Crippen LogP) is -2.16. The SMILES string of the molecule is O=C(O)C(CS)C(=O)NCC(O)CNC(=O)C(CS)C(=O)O. The molecule has 2 atom stereocenters. The Kier molecular flexibility index (Phi) is 9.61. The molecule has 0 saturated carbocycles. The summed E-state index contributed by atoms with van der Waals surface area (Å²) in [6, 6.07) is 0. The highest BCUT2D eigenvalue weighted by Gasteiger charge is 2.26. The Hall–Kier alpha value is -1.46. The third-order valence-electron chi connectivity index (χ3n) is 2.62. The van der Waals surface area contributed by atoms with Crippen LogP contribution in [0.1, 0.15) is 0 Å². The van der Waals surface area contributed by atoms with Gasteiger partial charge in [-0.05, 0) is 0 Å². The van der Waals surface area contributed by atoms with Crippen LogP contribution >= 0.6 is 25.3 Å². The van der Waals surface area contributed by atoms with Crippen LogP contribution in [0.4, 0.5) is 0 Å². The van der Waals surface area contributed by atoms with Crippen molar-refractivity contribution in [1.82, 2.24) is 10.6 Å². The van der Waals surface area contributed by atoms with Gasteiger partial charge in [-0.15, -0.1) is 0 Å². The molecule has 22 heavy (non-hydrogen) atoms. The van der Waals surface area contributed by atoms with Crippen molar-refractivity contribution in [1.29, 1.82) is 0 Å². The van der Waals surface area contributed by atoms with Gasteiger partial charge < -0.3 is 26.0 Å². The van der Waals surface area contributed by atoms with Gasteiger partial charge in [0, 0.05) is 24.6 Å². The Morgan fingerprint density at radius 2 is 1.14 bits per heavy atom. The summed E-state index contributed by atoms with van der Waals surface area (Å²) >= 11 is 7.47. The molecule has 9 nitrogen and oxygen atoms in total. The minimum absolute atomic E-state index is 0.198. The number of thiol groups is 2. The van der Waals surface area contributed by atoms with Gasteiger partial charge in [0.25, 0.3) is 0 Å². The van der Waals surface area contributed by atoms with Crippen molar-refractivity contribution in [2.45, 2.75) is 6.10 Å². The Balaban J connectivity index is 4.22. The standard InChI is InChI=1S/C11H18N2O7S2/c14-5(1-12-8(15)6(3-21)10(17)18)2-13-9(16)7(4-22)11(19)20/h5-7,14,21-22H,1-4H2,(H,12,15)(H,13,16)(H,17,18)(H,19,20). The van der Waals surface area contributed by atoms with E-state index < -0.39 is 41.7 Å². The van der Waals surface area contributed by atoms with Crippen molar-refractivity contribution in [2.75, 3.05) is 24.6 Å². The maximum absolute atomic E-state index is 11.5. The summed E-state index contributed by atoms with van der Waals surface area (Å²) in [6.07, 6.45) is -1.20. The number of nitrogens with one attached hydrogen (secondary N) is 2. The summed E-state index contributed by atoms with van der Waals surface area (Å²) < 4.78 is 0. The van der Waals surface area contributed by atoms with E-state index in [0.29, 0.717) is 0 Å². The second kappa shape index (κ2) is 10.3. The number of hydrogen-bond acceptors (Lipinski definition) is 7. The van der Waals surface area contributed by atoms with Crippen molar-refractivity contribution in [3.05, 3.63) is 0 Å². The maximum atomic E-state index is 11.5. The first-order valence-corrected chi connectivity index (χ1v) is 7.41. The van der Waals surface area contributed by atoms with Gasteiger partial charge in [-0.3, -0.25) is 19.2 Å². The van der Waals surface area contributed by atoms with Crippen LogP contribution in [0.2, 0.25) is 0 Å². The van der Waals surface area contributed by atoms with Crippen LogP contribution in [-0.4, -0.2) is 69.8 Å². The van der Waals surface area contributed by atoms with E-state index in [-0.39, 0.29) is 24.6 Å². The van der Waals surface area contributed by atoms with Crippen molar-refractivity contribution < 1.29 is 34.5 Å². The van der Waals surface area contributed by atoms with E-state index in [1.54, 1.807) is 0 Å². The van der Waals surface area contributed by atoms with Crippen LogP contribution < -0.4 is 10.6 Å². The number of hydrogen-bond donors (Lipinski definition) is 7. The predicted molar refractivity (Wildman–Crippen MR) is 82.0 cm³/mol. The molecule has 0 fully saturated rings. The molecule has 2 amide bonds. The lowest BCUT2D eigenvalue weighted by molar-refractivity contribution is -0.147. The number of aliphatic carboxylic acids is 2. The summed E-state index contributed by atoms with van der Waals surface area (Å²) in [7, 11) is 0. The van der Waals surface area contributed by atoms with Crippen LogP contribution in [0.3, 0.4) is 0 Å². The summed E-state index contributed by atoms with van der Waals surface area (Å²) in [6.45, 7) is -0.593. The number of carbonyl (C=O) groups is 4. The van der Waals surface area contributed by atoms with Gasteiger partial charge >= 0.3 is 11.9 Å². The van der Waals surface area contributed by atoms with E-state index in [1.807, 2.05) is 0 Å². The summed E-state index contributed by atoms with van der Waals surface area (Å²) in [5.41, 5.74) is 0. The highest BCUT2D eigenvalue weighted by atomic mass is 32.1. The summed E-state index contributed by atoms with van der Waals surface area (Å²) in [5.74, 6) is -7.39. The average Bonchev–Trinajstić information content (AvgIpc) is 2.43. The number of carboxylic acid groups (broad SMARTS) is 2. The minimum Gasteiger partial charge on any atom is -0.481 e. The Bertz CT molecular complexity index is 395. The fourth-order valence-corrected chi connectivity index (χ4v) is 1.95. The largest absolute Gasteiger partial charge is 0.481 e. The van der Waals surface area contributed by atoms with Crippen LogP contribution in [0.5, 0.6) is 0 Å². The van der Waals surface area contributed by atoms with Crippen LogP contribution in [0.25, 0.3) is 0 Å². The number of aliphatic hydroxyl groups is 1. The monoisotopic (exact) mass is 354 g/mol. The highest BCUT2D eigenvalue weighted by Crippen LogP contribution is 2.01. The molecule has 0 bridgehead atoms. The lowest BCUT2D eigenvalue weighted by Gasteiger charge is -2.16. The van der Waals surface area contributed by atoms with E-state index in [9.17, 15) is 24.3 Å². The summed E-state index contributed by atoms with van der Waals surface area (Å²) in [5, 5.41) is 31.4. The normalized spacial score (nSPS) is 14.5. The second-order valence-corrected chi connectivity index (χ2v) is 5.02. The highest BCUT2D eigenvalue weighted by molar-refractivity contribution is 7.80. The Morgan fingerprint density at radius 3 is 1.36 bits per heavy atom. The van der Waals surface area contributed by atoms with Gasteiger partial charge in [-0.25, -0.2) is 0 Å². The fraction of sp³-hybridized carbons (Fsp3) is 0.636. The molecule has 0 saturated heterocycles. The van der Waals surface area contributed by atoms with E-state index in [2.05, 4.69) is 35.9 Å². The quantitative estimate of drug-likeness (QED) is 0.174. The van der Waals surface area contributed by atoms with Gasteiger partial charge in [0.05, 0.1) is 6.10 Å². The number of carbonyl (C=O) groups excluding carboxylic acids is 2. The lowest BCUT2D eigenvalue weighted by Crippen LogP contribution is -2.45. The van der Waals surface area contributed by atoms with Gasteiger partial charge in [0.2, 0.25) is 11.8 Å². The Labute approximate surface area is 137 Å². The number of aliphatic hydroxyl groups excluding tert-OH is 1. The molecule has 0 aliphatic carbocycles. The zero-order valence-electron chi connectivity index (χ0n) is 11.4. The van der Waals surface area contributed by atoms with Crippen molar-refractivity contribution in [3.63, 3.8) is 0 Å². The molecule has 11 heteroatoms. The first-order chi connectivity index (χ1) is 10.2. The van der Waals surface area contributed by atoms with Gasteiger partial charge in [0.1, 0.15) is 11.8 Å². The number of rotatable bonds is 10. The molecule has 2 unspecified atom stereocenters. The van der Waals surface area contributed by atoms with E-state index in [4.69, 9.17) is 10.2 Å². The summed E-state index contributed by atoms with van der Waals surface area (Å²) in [4.78, 5) is 44.4. The molecule has 0 spiro atoms. The van der Waals surface area contributed by atoms with Crippen LogP contribution in [-0.2, 0) is 19.2 Å². The molecule has 0 rings (SSSR count). The Morgan fingerprint density at radius 1 is 0.818 bits per heavy atom. The van der Waals surface area contributed by atoms with Crippen LogP contribution in [0.15, 0.2) is 0 Å². The first kappa shape index (κ1) is 20.5. The van der Waals surface area contributed by atoms with Crippen LogP contribution in [0, 0.1) is 11.8 Å². The molecule has 0 aromatic heterocycles. The third-order valence-corrected chi connectivity index (χ3v) is 3.35. The maximum Gasteiger partial charge on any atom is 0.316 e. The lowest BCUT2D eigenvalue weighted by atomic mass is 10.1. The van der Waals surface area contributed by atoms with Crippen molar-refractivity contribution >= 4 is 49.0 Å². The molecular formula is C11H18N2O7S2. The van der Waals surface area contributed by atoms with E-state index >= 15 is 0 Å². The molecule has 5 N–H and O–H groups in total. The number of amides is 2. The molecule has 0 aliphatic rings.